The van der Waals surface area contributed by atoms with E-state index in [9.17, 15) is 80.8 Å². The Kier molecular flexibility index (Phi) is 15.8. The van der Waals surface area contributed by atoms with Crippen molar-refractivity contribution < 1.29 is 114 Å². The van der Waals surface area contributed by atoms with Crippen LogP contribution in [-0.4, -0.2) is 232 Å². The van der Waals surface area contributed by atoms with Crippen LogP contribution in [0.5, 0.6) is 0 Å². The largest absolute Gasteiger partial charge is 0.477 e. The molecule has 56 heavy (non-hydrogen) atoms. The molecule has 0 aromatic carbocycles. The summed E-state index contributed by atoms with van der Waals surface area (Å²) in [5.74, 6) is -6.69. The Morgan fingerprint density at radius 2 is 1.30 bits per heavy atom. The molecule has 8 unspecified atom stereocenters. The summed E-state index contributed by atoms with van der Waals surface area (Å²) in [6.45, 7) is 0.283. The first-order valence-corrected chi connectivity index (χ1v) is 17.6. The molecule has 4 rings (SSSR count). The lowest BCUT2D eigenvalue weighted by molar-refractivity contribution is -0.390. The summed E-state index contributed by atoms with van der Waals surface area (Å²) in [5, 5.41) is 142. The molecular formula is C31H52N2O23. The Morgan fingerprint density at radius 3 is 1.86 bits per heavy atom. The molecule has 0 saturated carbocycles. The molecule has 21 atom stereocenters. The maximum Gasteiger partial charge on any atom is 0.364 e. The SMILES string of the molecule is CC(=O)N[C@H]1C([C@H](O)[C@H](O)CO)O[C@@](OC2C(O)[C@H](O[C@@H]3C(CO)O[C@@H](O)[C@@H](NC(C)=O)C3O[C@@H]3OC(C)[C@@H](O)[C@H](O)C3O)OC(CO)[C@@H]2O)(C(=O)O)C[C@H]1O. The summed E-state index contributed by atoms with van der Waals surface area (Å²) in [4.78, 5) is 37.0. The lowest BCUT2D eigenvalue weighted by Crippen LogP contribution is -2.71. The zero-order chi connectivity index (χ0) is 42.0. The molecule has 2 amide bonds. The van der Waals surface area contributed by atoms with Crippen molar-refractivity contribution in [2.45, 2.75) is 155 Å². The van der Waals surface area contributed by atoms with Crippen molar-refractivity contribution in [3.63, 3.8) is 0 Å². The number of aliphatic hydroxyl groups excluding tert-OH is 12. The number of aliphatic hydroxyl groups is 12. The highest BCUT2D eigenvalue weighted by molar-refractivity contribution is 5.76. The van der Waals surface area contributed by atoms with Gasteiger partial charge < -0.3 is 110 Å². The van der Waals surface area contributed by atoms with Crippen LogP contribution in [0.3, 0.4) is 0 Å². The van der Waals surface area contributed by atoms with Crippen LogP contribution in [0.25, 0.3) is 0 Å². The van der Waals surface area contributed by atoms with Gasteiger partial charge in [0.15, 0.2) is 18.9 Å². The zero-order valence-corrected chi connectivity index (χ0v) is 30.3. The van der Waals surface area contributed by atoms with Crippen molar-refractivity contribution in [2.75, 3.05) is 19.8 Å². The van der Waals surface area contributed by atoms with Gasteiger partial charge in [-0.05, 0) is 6.92 Å². The van der Waals surface area contributed by atoms with E-state index >= 15 is 0 Å². The van der Waals surface area contributed by atoms with E-state index in [1.165, 1.54) is 6.92 Å². The molecule has 4 fully saturated rings. The van der Waals surface area contributed by atoms with Gasteiger partial charge in [-0.15, -0.1) is 0 Å². The Labute approximate surface area is 317 Å². The second kappa shape index (κ2) is 19.1. The van der Waals surface area contributed by atoms with Crippen LogP contribution in [-0.2, 0) is 47.5 Å². The van der Waals surface area contributed by atoms with Crippen molar-refractivity contribution in [3.8, 4) is 0 Å². The average Bonchev–Trinajstić information content (AvgIpc) is 3.14. The fourth-order valence-corrected chi connectivity index (χ4v) is 6.99. The minimum Gasteiger partial charge on any atom is -0.477 e. The van der Waals surface area contributed by atoms with E-state index in [0.717, 1.165) is 13.8 Å². The van der Waals surface area contributed by atoms with Gasteiger partial charge in [0.25, 0.3) is 5.79 Å². The number of hydrogen-bond acceptors (Lipinski definition) is 22. The number of aliphatic carboxylic acids is 1. The summed E-state index contributed by atoms with van der Waals surface area (Å²) < 4.78 is 39.7. The molecule has 15 N–H and O–H groups in total. The van der Waals surface area contributed by atoms with E-state index in [2.05, 4.69) is 10.6 Å². The monoisotopic (exact) mass is 820 g/mol. The number of amides is 2. The number of ether oxygens (including phenoxy) is 7. The molecule has 0 radical (unpaired) electrons. The highest BCUT2D eigenvalue weighted by Gasteiger charge is 2.60. The fourth-order valence-electron chi connectivity index (χ4n) is 6.99. The summed E-state index contributed by atoms with van der Waals surface area (Å²) in [5.41, 5.74) is 0. The molecule has 0 aromatic heterocycles. The van der Waals surface area contributed by atoms with E-state index in [-0.39, 0.29) is 0 Å². The highest BCUT2D eigenvalue weighted by atomic mass is 16.8. The molecule has 25 heteroatoms. The maximum atomic E-state index is 12.9. The summed E-state index contributed by atoms with van der Waals surface area (Å²) in [6.07, 6.45) is -35.1. The second-order valence-corrected chi connectivity index (χ2v) is 14.0. The minimum absolute atomic E-state index is 0.767. The van der Waals surface area contributed by atoms with Gasteiger partial charge in [-0.2, -0.15) is 0 Å². The normalized spacial score (nSPS) is 45.7. The van der Waals surface area contributed by atoms with E-state index in [0.29, 0.717) is 0 Å². The van der Waals surface area contributed by atoms with Gasteiger partial charge in [0.05, 0.1) is 38.1 Å². The van der Waals surface area contributed by atoms with E-state index in [4.69, 9.17) is 33.2 Å². The molecule has 324 valence electrons. The van der Waals surface area contributed by atoms with Gasteiger partial charge >= 0.3 is 5.97 Å². The van der Waals surface area contributed by atoms with Crippen LogP contribution in [0.4, 0.5) is 0 Å². The lowest BCUT2D eigenvalue weighted by atomic mass is 9.88. The quantitative estimate of drug-likeness (QED) is 0.0773. The Hall–Kier alpha value is -2.35. The zero-order valence-electron chi connectivity index (χ0n) is 30.3. The van der Waals surface area contributed by atoms with Gasteiger partial charge in [0.2, 0.25) is 11.8 Å². The first-order chi connectivity index (χ1) is 26.2. The number of hydrogen-bond donors (Lipinski definition) is 15. The summed E-state index contributed by atoms with van der Waals surface area (Å²) >= 11 is 0. The third kappa shape index (κ3) is 9.74. The predicted octanol–water partition coefficient (Wildman–Crippen LogP) is -9.23. The number of rotatable bonds is 14. The topological polar surface area (TPSA) is 403 Å². The summed E-state index contributed by atoms with van der Waals surface area (Å²) in [6, 6.07) is -3.22. The average molecular weight is 821 g/mol. The van der Waals surface area contributed by atoms with Crippen LogP contribution in [0.1, 0.15) is 27.2 Å². The molecule has 4 aliphatic heterocycles. The third-order valence-electron chi connectivity index (χ3n) is 9.94. The second-order valence-electron chi connectivity index (χ2n) is 14.0. The molecule has 25 nitrogen and oxygen atoms in total. The van der Waals surface area contributed by atoms with E-state index < -0.39 is 172 Å². The molecule has 0 spiro atoms. The number of nitrogens with one attached hydrogen (secondary N) is 2. The lowest BCUT2D eigenvalue weighted by Gasteiger charge is -2.51. The molecule has 4 saturated heterocycles. The van der Waals surface area contributed by atoms with Gasteiger partial charge in [-0.1, -0.05) is 0 Å². The van der Waals surface area contributed by atoms with Gasteiger partial charge in [0.1, 0.15) is 85.4 Å². The Bertz CT molecular complexity index is 1330. The maximum absolute atomic E-state index is 12.9. The highest BCUT2D eigenvalue weighted by Crippen LogP contribution is 2.39. The van der Waals surface area contributed by atoms with Crippen LogP contribution in [0.15, 0.2) is 0 Å². The summed E-state index contributed by atoms with van der Waals surface area (Å²) in [7, 11) is 0. The van der Waals surface area contributed by atoms with E-state index in [1.807, 2.05) is 0 Å². The standard InChI is InChI=1S/C31H52N2O23/c1-8-17(41)20(44)21(45)28(50-8)54-25-16(33-10(3)38)27(47)51-14(7-36)23(25)53-29-22(46)26(19(43)13(6-35)52-29)56-31(30(48)49)4-11(39)15(32-9(2)37)24(55-31)18(42)12(40)5-34/h8,11-29,34-36,39-47H,4-7H2,1-3H3,(H,32,37)(H,33,38)(H,48,49)/t8?,11-,12-,13?,14?,15-,16+,17-,18-,19+,20+,21?,22?,23-,24?,25?,26?,27-,28+,29+,31+/m1/s1. The third-order valence-corrected chi connectivity index (χ3v) is 9.94. The van der Waals surface area contributed by atoms with Crippen LogP contribution >= 0.6 is 0 Å². The minimum atomic E-state index is -3.12. The smallest absolute Gasteiger partial charge is 0.364 e. The van der Waals surface area contributed by atoms with Crippen molar-refractivity contribution in [2.24, 2.45) is 0 Å². The number of carbonyl (C=O) groups excluding carboxylic acids is 2. The molecule has 0 bridgehead atoms. The van der Waals surface area contributed by atoms with E-state index in [1.54, 1.807) is 0 Å². The molecule has 0 aliphatic carbocycles. The molecular weight excluding hydrogens is 768 g/mol. The van der Waals surface area contributed by atoms with Gasteiger partial charge in [-0.3, -0.25) is 9.59 Å². The van der Waals surface area contributed by atoms with Gasteiger partial charge in [0, 0.05) is 20.3 Å². The van der Waals surface area contributed by atoms with Crippen LogP contribution in [0.2, 0.25) is 0 Å². The first-order valence-electron chi connectivity index (χ1n) is 17.6. The number of carboxylic acid groups (broad SMARTS) is 1. The fraction of sp³-hybridized carbons (Fsp3) is 0.903. The Balaban J connectivity index is 1.71. The Morgan fingerprint density at radius 1 is 0.732 bits per heavy atom. The first kappa shape index (κ1) is 46.3. The van der Waals surface area contributed by atoms with Crippen molar-refractivity contribution >= 4 is 17.8 Å². The van der Waals surface area contributed by atoms with Crippen LogP contribution < -0.4 is 10.6 Å². The van der Waals surface area contributed by atoms with Crippen LogP contribution in [0, 0.1) is 0 Å². The molecule has 0 aromatic rings. The van der Waals surface area contributed by atoms with Gasteiger partial charge in [-0.25, -0.2) is 4.79 Å². The van der Waals surface area contributed by atoms with Crippen molar-refractivity contribution in [3.05, 3.63) is 0 Å². The number of carboxylic acids is 1. The van der Waals surface area contributed by atoms with Crippen molar-refractivity contribution in [1.82, 2.24) is 10.6 Å². The van der Waals surface area contributed by atoms with Crippen molar-refractivity contribution in [1.29, 1.82) is 0 Å². The molecule has 4 aliphatic rings. The molecule has 4 heterocycles. The predicted molar refractivity (Wildman–Crippen MR) is 173 cm³/mol. The number of carbonyl (C=O) groups is 3.